The number of nitrogens with two attached hydrogens (primary N) is 1. The third-order valence-corrected chi connectivity index (χ3v) is 5.90. The van der Waals surface area contributed by atoms with Gasteiger partial charge in [0.15, 0.2) is 9.84 Å². The van der Waals surface area contributed by atoms with Gasteiger partial charge in [-0.1, -0.05) is 6.07 Å². The average Bonchev–Trinajstić information content (AvgIpc) is 2.81. The van der Waals surface area contributed by atoms with E-state index < -0.39 is 28.4 Å². The normalized spacial score (nSPS) is 12.3. The van der Waals surface area contributed by atoms with Crippen molar-refractivity contribution < 1.29 is 37.3 Å². The number of carbonyl (C=O) groups is 1. The van der Waals surface area contributed by atoms with Crippen LogP contribution >= 0.6 is 0 Å². The Morgan fingerprint density at radius 3 is 2.15 bits per heavy atom. The summed E-state index contributed by atoms with van der Waals surface area (Å²) in [5.41, 5.74) is 6.60. The minimum atomic E-state index is -3.73. The second-order valence-corrected chi connectivity index (χ2v) is 8.76. The number of hydrogen-bond donors (Lipinski definition) is 3. The van der Waals surface area contributed by atoms with Crippen LogP contribution < -0.4 is 30.0 Å². The Balaban J connectivity index is 2.32. The first kappa shape index (κ1) is 26.0. The summed E-state index contributed by atoms with van der Waals surface area (Å²) in [6.45, 7) is -0.536. The Morgan fingerprint density at radius 2 is 1.64 bits per heavy atom. The third kappa shape index (κ3) is 6.85. The Kier molecular flexibility index (Phi) is 9.09. The Hall–Kier alpha value is -3.28. The maximum atomic E-state index is 12.8. The Morgan fingerprint density at radius 1 is 1.03 bits per heavy atom. The first-order valence-electron chi connectivity index (χ1n) is 9.73. The van der Waals surface area contributed by atoms with Gasteiger partial charge in [-0.05, 0) is 23.8 Å². The van der Waals surface area contributed by atoms with Crippen molar-refractivity contribution in [2.24, 2.45) is 5.73 Å². The summed E-state index contributed by atoms with van der Waals surface area (Å²) in [6.07, 6.45) is 1.39. The van der Waals surface area contributed by atoms with Gasteiger partial charge in [0.05, 0.1) is 52.0 Å². The number of amides is 1. The highest BCUT2D eigenvalue weighted by Crippen LogP contribution is 2.35. The zero-order chi connectivity index (χ0) is 24.6. The molecule has 0 aliphatic heterocycles. The van der Waals surface area contributed by atoms with Crippen molar-refractivity contribution in [1.82, 2.24) is 0 Å². The van der Waals surface area contributed by atoms with Gasteiger partial charge < -0.3 is 35.1 Å². The predicted molar refractivity (Wildman–Crippen MR) is 124 cm³/mol. The molecule has 33 heavy (non-hydrogen) atoms. The second-order valence-electron chi connectivity index (χ2n) is 6.87. The minimum Gasteiger partial charge on any atom is -0.496 e. The van der Waals surface area contributed by atoms with Crippen LogP contribution in [-0.2, 0) is 20.4 Å². The zero-order valence-corrected chi connectivity index (χ0v) is 19.6. The molecule has 0 saturated heterocycles. The first-order valence-corrected chi connectivity index (χ1v) is 11.4. The zero-order valence-electron chi connectivity index (χ0n) is 18.8. The van der Waals surface area contributed by atoms with Gasteiger partial charge in [-0.15, -0.1) is 0 Å². The lowest BCUT2D eigenvalue weighted by Crippen LogP contribution is -2.38. The topological polar surface area (TPSA) is 146 Å². The molecule has 0 aliphatic carbocycles. The van der Waals surface area contributed by atoms with E-state index in [4.69, 9.17) is 29.8 Å². The number of carbonyl (C=O) groups excluding carboxylic acids is 1. The highest BCUT2D eigenvalue weighted by molar-refractivity contribution is 7.93. The van der Waals surface area contributed by atoms with Crippen LogP contribution in [0.2, 0.25) is 0 Å². The number of nitrogens with one attached hydrogen (secondary N) is 1. The summed E-state index contributed by atoms with van der Waals surface area (Å²) >= 11 is 0. The van der Waals surface area contributed by atoms with Crippen LogP contribution in [-0.4, -0.2) is 60.5 Å². The summed E-state index contributed by atoms with van der Waals surface area (Å²) in [5, 5.41) is 12.6. The van der Waals surface area contributed by atoms with Gasteiger partial charge in [-0.2, -0.15) is 0 Å². The van der Waals surface area contributed by atoms with Crippen molar-refractivity contribution in [1.29, 1.82) is 0 Å². The van der Waals surface area contributed by atoms with E-state index in [0.717, 1.165) is 5.41 Å². The lowest BCUT2D eigenvalue weighted by Gasteiger charge is -2.14. The molecule has 0 aliphatic rings. The molecule has 4 N–H and O–H groups in total. The van der Waals surface area contributed by atoms with Crippen LogP contribution in [0, 0.1) is 0 Å². The molecule has 1 atom stereocenters. The third-order valence-electron chi connectivity index (χ3n) is 4.62. The average molecular weight is 481 g/mol. The van der Waals surface area contributed by atoms with E-state index in [1.54, 1.807) is 18.2 Å². The molecule has 0 heterocycles. The Bertz CT molecular complexity index is 1090. The van der Waals surface area contributed by atoms with E-state index in [-0.39, 0.29) is 11.4 Å². The molecule has 2 aromatic rings. The molecule has 11 heteroatoms. The Labute approximate surface area is 192 Å². The van der Waals surface area contributed by atoms with Gasteiger partial charge in [0, 0.05) is 17.5 Å². The van der Waals surface area contributed by atoms with E-state index in [1.807, 2.05) is 0 Å². The molecule has 180 valence electrons. The predicted octanol–water partition coefficient (Wildman–Crippen LogP) is 1.56. The van der Waals surface area contributed by atoms with Crippen molar-refractivity contribution in [2.75, 3.05) is 40.4 Å². The van der Waals surface area contributed by atoms with Gasteiger partial charge in [-0.25, -0.2) is 8.42 Å². The quantitative estimate of drug-likeness (QED) is 0.436. The molecule has 2 aromatic carbocycles. The van der Waals surface area contributed by atoms with E-state index in [2.05, 4.69) is 5.32 Å². The number of aliphatic hydroxyl groups excluding tert-OH is 1. The summed E-state index contributed by atoms with van der Waals surface area (Å²) in [4.78, 5) is 12.0. The van der Waals surface area contributed by atoms with Gasteiger partial charge in [-0.3, -0.25) is 4.79 Å². The molecular weight excluding hydrogens is 452 g/mol. The summed E-state index contributed by atoms with van der Waals surface area (Å²) in [6, 6.07) is 6.68. The van der Waals surface area contributed by atoms with Crippen LogP contribution in [0.5, 0.6) is 23.0 Å². The maximum Gasteiger partial charge on any atom is 0.243 e. The SMILES string of the molecule is COc1cc(OC)c(/C=C/S(=O)(=O)Cc2ccc(OC)c(NC(=O)[C@H](N)CO)c2)c(OC)c1. The van der Waals surface area contributed by atoms with Crippen molar-refractivity contribution in [3.05, 3.63) is 46.9 Å². The van der Waals surface area contributed by atoms with Crippen LogP contribution in [0.25, 0.3) is 6.08 Å². The number of aliphatic hydroxyl groups is 1. The van der Waals surface area contributed by atoms with E-state index in [1.165, 1.54) is 46.6 Å². The fraction of sp³-hybridized carbons (Fsp3) is 0.318. The lowest BCUT2D eigenvalue weighted by atomic mass is 10.1. The standard InChI is InChI=1S/C22H28N2O8S/c1-29-15-10-20(31-3)16(21(11-15)32-4)7-8-33(27,28)13-14-5-6-19(30-2)18(9-14)24-22(26)17(23)12-25/h5-11,17,25H,12-13,23H2,1-4H3,(H,24,26)/b8-7+/t17-/m1/s1. The molecule has 1 amide bonds. The molecule has 0 spiro atoms. The van der Waals surface area contributed by atoms with Crippen LogP contribution in [0.4, 0.5) is 5.69 Å². The van der Waals surface area contributed by atoms with E-state index in [9.17, 15) is 13.2 Å². The molecular formula is C22H28N2O8S. The summed E-state index contributed by atoms with van der Waals surface area (Å²) in [7, 11) is 2.09. The number of rotatable bonds is 11. The highest BCUT2D eigenvalue weighted by atomic mass is 32.2. The second kappa shape index (κ2) is 11.5. The molecule has 0 bridgehead atoms. The van der Waals surface area contributed by atoms with Gasteiger partial charge in [0.25, 0.3) is 0 Å². The lowest BCUT2D eigenvalue weighted by molar-refractivity contribution is -0.118. The van der Waals surface area contributed by atoms with Crippen LogP contribution in [0.15, 0.2) is 35.7 Å². The minimum absolute atomic E-state index is 0.238. The largest absolute Gasteiger partial charge is 0.496 e. The summed E-state index contributed by atoms with van der Waals surface area (Å²) < 4.78 is 46.6. The smallest absolute Gasteiger partial charge is 0.243 e. The van der Waals surface area contributed by atoms with Crippen LogP contribution in [0.3, 0.4) is 0 Å². The van der Waals surface area contributed by atoms with Gasteiger partial charge >= 0.3 is 0 Å². The van der Waals surface area contributed by atoms with E-state index in [0.29, 0.717) is 34.1 Å². The summed E-state index contributed by atoms with van der Waals surface area (Å²) in [5.74, 6) is 0.604. The molecule has 0 aromatic heterocycles. The molecule has 10 nitrogen and oxygen atoms in total. The molecule has 0 unspecified atom stereocenters. The van der Waals surface area contributed by atoms with Crippen molar-refractivity contribution in [2.45, 2.75) is 11.8 Å². The number of methoxy groups -OCH3 is 4. The monoisotopic (exact) mass is 480 g/mol. The van der Waals surface area contributed by atoms with E-state index >= 15 is 0 Å². The fourth-order valence-electron chi connectivity index (χ4n) is 2.90. The number of hydrogen-bond acceptors (Lipinski definition) is 9. The van der Waals surface area contributed by atoms with Crippen LogP contribution in [0.1, 0.15) is 11.1 Å². The molecule has 2 rings (SSSR count). The molecule has 0 radical (unpaired) electrons. The van der Waals surface area contributed by atoms with Crippen molar-refractivity contribution >= 4 is 27.5 Å². The number of sulfone groups is 1. The number of ether oxygens (including phenoxy) is 4. The van der Waals surface area contributed by atoms with Gasteiger partial charge in [0.1, 0.15) is 29.0 Å². The molecule has 0 fully saturated rings. The molecule has 0 saturated carbocycles. The number of benzene rings is 2. The fourth-order valence-corrected chi connectivity index (χ4v) is 3.98. The van der Waals surface area contributed by atoms with Gasteiger partial charge in [0.2, 0.25) is 5.91 Å². The maximum absolute atomic E-state index is 12.8. The highest BCUT2D eigenvalue weighted by Gasteiger charge is 2.17. The first-order chi connectivity index (χ1) is 15.7. The van der Waals surface area contributed by atoms with Crippen molar-refractivity contribution in [3.63, 3.8) is 0 Å². The van der Waals surface area contributed by atoms with Crippen molar-refractivity contribution in [3.8, 4) is 23.0 Å². The number of anilines is 1.